The average molecular weight is 592 g/mol. The molecule has 0 spiro atoms. The van der Waals surface area contributed by atoms with Crippen LogP contribution in [0.3, 0.4) is 0 Å². The molecule has 2 atom stereocenters. The number of rotatable bonds is 6. The van der Waals surface area contributed by atoms with E-state index in [2.05, 4.69) is 21.3 Å². The Morgan fingerprint density at radius 3 is 2.43 bits per heavy atom. The molecule has 2 aromatic rings. The Bertz CT molecular complexity index is 1340. The zero-order chi connectivity index (χ0) is 31.7. The van der Waals surface area contributed by atoms with E-state index in [0.717, 1.165) is 0 Å². The Morgan fingerprint density at radius 1 is 1.33 bits per heavy atom. The van der Waals surface area contributed by atoms with E-state index in [0.29, 0.717) is 47.8 Å². The van der Waals surface area contributed by atoms with E-state index in [1.165, 1.54) is 30.4 Å². The van der Waals surface area contributed by atoms with Crippen molar-refractivity contribution < 1.29 is 32.3 Å². The number of methoxy groups -OCH3 is 1. The third kappa shape index (κ3) is 8.66. The van der Waals surface area contributed by atoms with E-state index < -0.39 is 30.6 Å². The Kier molecular flexibility index (Phi) is 11.9. The summed E-state index contributed by atoms with van der Waals surface area (Å²) in [5.74, 6) is 0.182. The van der Waals surface area contributed by atoms with Crippen molar-refractivity contribution in [2.75, 3.05) is 26.7 Å². The van der Waals surface area contributed by atoms with Crippen molar-refractivity contribution in [1.82, 2.24) is 30.3 Å². The Hall–Kier alpha value is -4.17. The number of hydrogen-bond acceptors (Lipinski definition) is 7. The number of aryl methyl sites for hydroxylation is 1. The van der Waals surface area contributed by atoms with Crippen molar-refractivity contribution in [3.8, 4) is 18.4 Å². The normalized spacial score (nSPS) is 18.1. The van der Waals surface area contributed by atoms with Gasteiger partial charge in [0.25, 0.3) is 0 Å². The van der Waals surface area contributed by atoms with Crippen LogP contribution in [0.1, 0.15) is 57.3 Å². The molecular weight excluding hydrogens is 555 g/mol. The molecule has 228 valence electrons. The van der Waals surface area contributed by atoms with E-state index >= 15 is 0 Å². The molecule has 3 amide bonds. The molecule has 0 bridgehead atoms. The maximum Gasteiger partial charge on any atom is 0.471 e. The highest BCUT2D eigenvalue weighted by Crippen LogP contribution is 2.34. The zero-order valence-corrected chi connectivity index (χ0v) is 24.3. The van der Waals surface area contributed by atoms with Crippen LogP contribution in [0.5, 0.6) is 0 Å². The second kappa shape index (κ2) is 14.6. The molecule has 2 aromatic heterocycles. The Balaban J connectivity index is 0.000000245. The van der Waals surface area contributed by atoms with Crippen LogP contribution >= 0.6 is 0 Å². The van der Waals surface area contributed by atoms with Crippen LogP contribution < -0.4 is 10.6 Å². The molecular formula is C28H36F3N7O4. The number of nitrogens with zero attached hydrogens (tertiary/aromatic N) is 5. The largest absolute Gasteiger partial charge is 0.471 e. The molecule has 0 radical (unpaired) electrons. The summed E-state index contributed by atoms with van der Waals surface area (Å²) in [6.07, 6.45) is 8.61. The molecule has 1 saturated heterocycles. The summed E-state index contributed by atoms with van der Waals surface area (Å²) in [6, 6.07) is 1.19. The number of hydrogen-bond donors (Lipinski definition) is 2. The fourth-order valence-corrected chi connectivity index (χ4v) is 4.26. The first-order valence-corrected chi connectivity index (χ1v) is 13.2. The first kappa shape index (κ1) is 34.0. The van der Waals surface area contributed by atoms with Crippen LogP contribution in [-0.4, -0.2) is 76.9 Å². The van der Waals surface area contributed by atoms with Gasteiger partial charge in [-0.2, -0.15) is 23.5 Å². The SMILES string of the molecule is C#Cc1nn(C)c2cncc(C(C#N)NC=O)c12.COC1CCC1.C[C@H]1CN(C(=O)CNC(=O)C(F)(F)F)CC1(C)C. The molecule has 1 unspecified atom stereocenters. The summed E-state index contributed by atoms with van der Waals surface area (Å²) < 4.78 is 42.4. The lowest BCUT2D eigenvalue weighted by Crippen LogP contribution is -2.44. The van der Waals surface area contributed by atoms with Gasteiger partial charge in [0.05, 0.1) is 30.4 Å². The number of terminal acetylenes is 1. The molecule has 2 aliphatic rings. The minimum Gasteiger partial charge on any atom is -0.381 e. The van der Waals surface area contributed by atoms with Crippen LogP contribution in [-0.2, 0) is 26.2 Å². The molecule has 2 fully saturated rings. The molecule has 4 rings (SSSR count). The van der Waals surface area contributed by atoms with Crippen molar-refractivity contribution in [1.29, 1.82) is 5.26 Å². The van der Waals surface area contributed by atoms with Gasteiger partial charge in [-0.05, 0) is 36.5 Å². The molecule has 0 aromatic carbocycles. The van der Waals surface area contributed by atoms with Crippen molar-refractivity contribution in [3.63, 3.8) is 0 Å². The van der Waals surface area contributed by atoms with Gasteiger partial charge in [-0.3, -0.25) is 24.0 Å². The van der Waals surface area contributed by atoms with Gasteiger partial charge in [0.2, 0.25) is 12.3 Å². The van der Waals surface area contributed by atoms with Gasteiger partial charge in [0.15, 0.2) is 0 Å². The summed E-state index contributed by atoms with van der Waals surface area (Å²) in [5.41, 5.74) is 1.64. The number of fused-ring (bicyclic) bond motifs is 1. The van der Waals surface area contributed by atoms with E-state index in [-0.39, 0.29) is 11.3 Å². The van der Waals surface area contributed by atoms with Gasteiger partial charge < -0.3 is 20.3 Å². The molecule has 1 aliphatic heterocycles. The lowest BCUT2D eigenvalue weighted by molar-refractivity contribution is -0.174. The number of nitriles is 1. The molecule has 1 aliphatic carbocycles. The molecule has 3 heterocycles. The van der Waals surface area contributed by atoms with Crippen LogP contribution in [0.15, 0.2) is 12.4 Å². The molecule has 11 nitrogen and oxygen atoms in total. The summed E-state index contributed by atoms with van der Waals surface area (Å²) in [6.45, 7) is 6.38. The molecule has 14 heteroatoms. The van der Waals surface area contributed by atoms with Crippen molar-refractivity contribution in [2.24, 2.45) is 18.4 Å². The monoisotopic (exact) mass is 591 g/mol. The minimum absolute atomic E-state index is 0.0519. The molecule has 42 heavy (non-hydrogen) atoms. The first-order valence-electron chi connectivity index (χ1n) is 13.2. The Morgan fingerprint density at radius 2 is 2.00 bits per heavy atom. The third-order valence-corrected chi connectivity index (χ3v) is 7.42. The van der Waals surface area contributed by atoms with Gasteiger partial charge in [-0.1, -0.05) is 20.8 Å². The quantitative estimate of drug-likeness (QED) is 0.389. The van der Waals surface area contributed by atoms with Crippen molar-refractivity contribution >= 4 is 29.1 Å². The van der Waals surface area contributed by atoms with Gasteiger partial charge in [0, 0.05) is 44.4 Å². The van der Waals surface area contributed by atoms with Gasteiger partial charge >= 0.3 is 12.1 Å². The maximum atomic E-state index is 11.9. The van der Waals surface area contributed by atoms with Crippen molar-refractivity contribution in [3.05, 3.63) is 23.7 Å². The second-order valence-corrected chi connectivity index (χ2v) is 10.7. The maximum absolute atomic E-state index is 11.9. The number of amides is 3. The number of carbonyl (C=O) groups is 3. The first-order chi connectivity index (χ1) is 19.7. The zero-order valence-electron chi connectivity index (χ0n) is 24.3. The minimum atomic E-state index is -4.95. The number of nitrogens with one attached hydrogen (secondary N) is 2. The number of pyridine rings is 1. The highest BCUT2D eigenvalue weighted by Gasteiger charge is 2.41. The van der Waals surface area contributed by atoms with Gasteiger partial charge in [-0.15, -0.1) is 6.42 Å². The number of aromatic nitrogens is 3. The smallest absolute Gasteiger partial charge is 0.381 e. The van der Waals surface area contributed by atoms with Gasteiger partial charge in [0.1, 0.15) is 11.7 Å². The van der Waals surface area contributed by atoms with E-state index in [9.17, 15) is 27.6 Å². The van der Waals surface area contributed by atoms with Gasteiger partial charge in [-0.25, -0.2) is 0 Å². The van der Waals surface area contributed by atoms with Crippen LogP contribution in [0, 0.1) is 35.0 Å². The lowest BCUT2D eigenvalue weighted by atomic mass is 9.84. The van der Waals surface area contributed by atoms with Crippen LogP contribution in [0.25, 0.3) is 10.9 Å². The topological polar surface area (TPSA) is 142 Å². The fourth-order valence-electron chi connectivity index (χ4n) is 4.26. The second-order valence-electron chi connectivity index (χ2n) is 10.7. The highest BCUT2D eigenvalue weighted by atomic mass is 19.4. The number of carbonyl (C=O) groups excluding carboxylic acids is 3. The molecule has 2 N–H and O–H groups in total. The predicted octanol–water partition coefficient (Wildman–Crippen LogP) is 2.61. The summed E-state index contributed by atoms with van der Waals surface area (Å²) in [4.78, 5) is 38.2. The summed E-state index contributed by atoms with van der Waals surface area (Å²) in [7, 11) is 3.52. The average Bonchev–Trinajstić information content (AvgIpc) is 3.39. The Labute approximate surface area is 242 Å². The third-order valence-electron chi connectivity index (χ3n) is 7.42. The number of halogens is 3. The van der Waals surface area contributed by atoms with Crippen molar-refractivity contribution in [2.45, 2.75) is 58.4 Å². The predicted molar refractivity (Wildman–Crippen MR) is 147 cm³/mol. The number of likely N-dealkylation sites (tertiary alicyclic amines) is 1. The van der Waals surface area contributed by atoms with E-state index in [1.54, 1.807) is 30.4 Å². The summed E-state index contributed by atoms with van der Waals surface area (Å²) in [5, 5.41) is 17.9. The lowest BCUT2D eigenvalue weighted by Gasteiger charge is -2.22. The number of alkyl halides is 3. The molecule has 1 saturated carbocycles. The van der Waals surface area contributed by atoms with E-state index in [1.807, 2.05) is 26.8 Å². The van der Waals surface area contributed by atoms with Crippen LogP contribution in [0.4, 0.5) is 13.2 Å². The standard InChI is InChI=1S/C12H9N5O.C11H17F3N2O2.C5H10O/c1-3-9-12-8(10(4-13)15-7-18)5-14-6-11(12)17(2)16-9;1-7-5-16(6-10(7,2)3)8(17)4-15-9(18)11(12,13)14;1-6-5-3-2-4-5/h1,5-7,10H,2H3,(H,15,18);7H,4-6H2,1-3H3,(H,15,18);5H,2-4H2,1H3/t;7-;/m.0./s1. The highest BCUT2D eigenvalue weighted by molar-refractivity contribution is 5.88. The van der Waals surface area contributed by atoms with Crippen LogP contribution in [0.2, 0.25) is 0 Å². The number of ether oxygens (including phenoxy) is 1. The summed E-state index contributed by atoms with van der Waals surface area (Å²) >= 11 is 0. The van der Waals surface area contributed by atoms with E-state index in [4.69, 9.17) is 16.4 Å². The fraction of sp³-hybridized carbons (Fsp3) is 0.571.